The van der Waals surface area contributed by atoms with Gasteiger partial charge in [-0.15, -0.1) is 0 Å². The third-order valence-electron chi connectivity index (χ3n) is 4.74. The molecule has 0 amide bonds. The summed E-state index contributed by atoms with van der Waals surface area (Å²) in [7, 11) is 4.69. The molecule has 0 aliphatic carbocycles. The summed E-state index contributed by atoms with van der Waals surface area (Å²) in [5.74, 6) is 7.00. The molecule has 0 N–H and O–H groups in total. The molecule has 0 fully saturated rings. The third kappa shape index (κ3) is 7.07. The lowest BCUT2D eigenvalue weighted by Crippen LogP contribution is -2.01. The summed E-state index contributed by atoms with van der Waals surface area (Å²) in [4.78, 5) is 11.9. The summed E-state index contributed by atoms with van der Waals surface area (Å²) >= 11 is 0. The van der Waals surface area contributed by atoms with Gasteiger partial charge in [0.25, 0.3) is 0 Å². The van der Waals surface area contributed by atoms with E-state index >= 15 is 0 Å². The SMILES string of the molecule is COc1ccc(C#CC(=O)OC/C=C/c2ccc(OCc3ccccc3)c(OC)c2)cc1OC. The second kappa shape index (κ2) is 12.6. The van der Waals surface area contributed by atoms with Gasteiger partial charge in [0.1, 0.15) is 13.2 Å². The molecule has 0 aromatic heterocycles. The summed E-state index contributed by atoms with van der Waals surface area (Å²) < 4.78 is 26.9. The highest BCUT2D eigenvalue weighted by atomic mass is 16.5. The van der Waals surface area contributed by atoms with Crippen LogP contribution in [0.1, 0.15) is 16.7 Å². The largest absolute Gasteiger partial charge is 0.493 e. The Morgan fingerprint density at radius 2 is 1.53 bits per heavy atom. The Bertz CT molecular complexity index is 1190. The number of hydrogen-bond acceptors (Lipinski definition) is 6. The van der Waals surface area contributed by atoms with Crippen LogP contribution in [0.4, 0.5) is 0 Å². The molecular formula is C28H26O6. The van der Waals surface area contributed by atoms with Gasteiger partial charge in [0.15, 0.2) is 23.0 Å². The first-order valence-corrected chi connectivity index (χ1v) is 10.5. The normalized spacial score (nSPS) is 10.2. The van der Waals surface area contributed by atoms with Crippen LogP contribution >= 0.6 is 0 Å². The predicted octanol–water partition coefficient (Wildman–Crippen LogP) is 4.90. The second-order valence-electron chi connectivity index (χ2n) is 7.01. The highest BCUT2D eigenvalue weighted by Gasteiger charge is 2.06. The molecule has 3 aromatic carbocycles. The van der Waals surface area contributed by atoms with Crippen molar-refractivity contribution in [1.29, 1.82) is 0 Å². The van der Waals surface area contributed by atoms with Crippen LogP contribution in [0, 0.1) is 11.8 Å². The van der Waals surface area contributed by atoms with E-state index in [0.717, 1.165) is 11.1 Å². The molecule has 0 aliphatic heterocycles. The summed E-state index contributed by atoms with van der Waals surface area (Å²) in [6, 6.07) is 20.7. The lowest BCUT2D eigenvalue weighted by Gasteiger charge is -2.11. The van der Waals surface area contributed by atoms with Crippen LogP contribution in [0.2, 0.25) is 0 Å². The van der Waals surface area contributed by atoms with Gasteiger partial charge >= 0.3 is 5.97 Å². The zero-order chi connectivity index (χ0) is 24.2. The minimum absolute atomic E-state index is 0.0913. The van der Waals surface area contributed by atoms with E-state index in [1.54, 1.807) is 38.5 Å². The van der Waals surface area contributed by atoms with E-state index in [4.69, 9.17) is 23.7 Å². The number of esters is 1. The van der Waals surface area contributed by atoms with E-state index in [2.05, 4.69) is 11.8 Å². The van der Waals surface area contributed by atoms with Crippen LogP contribution in [-0.4, -0.2) is 33.9 Å². The first kappa shape index (κ1) is 24.3. The van der Waals surface area contributed by atoms with Crippen molar-refractivity contribution in [1.82, 2.24) is 0 Å². The Kier molecular flexibility index (Phi) is 9.00. The number of methoxy groups -OCH3 is 3. The van der Waals surface area contributed by atoms with Gasteiger partial charge in [0.05, 0.1) is 21.3 Å². The standard InChI is InChI=1S/C28H26O6/c1-30-24-14-11-22(19-26(24)31-2)13-16-28(29)33-17-7-10-21-12-15-25(27(18-21)32-3)34-20-23-8-5-4-6-9-23/h4-12,14-15,18-19H,17,20H2,1-3H3/b10-7+. The fraction of sp³-hybridized carbons (Fsp3) is 0.179. The highest BCUT2D eigenvalue weighted by molar-refractivity contribution is 5.89. The third-order valence-corrected chi connectivity index (χ3v) is 4.74. The number of carbonyl (C=O) groups is 1. The average Bonchev–Trinajstić information content (AvgIpc) is 2.89. The first-order valence-electron chi connectivity index (χ1n) is 10.5. The number of hydrogen-bond donors (Lipinski definition) is 0. The van der Waals surface area contributed by atoms with Gasteiger partial charge in [-0.2, -0.15) is 0 Å². The Labute approximate surface area is 199 Å². The van der Waals surface area contributed by atoms with Crippen molar-refractivity contribution in [3.8, 4) is 34.8 Å². The molecule has 6 nitrogen and oxygen atoms in total. The van der Waals surface area contributed by atoms with Gasteiger partial charge in [-0.05, 0) is 47.5 Å². The molecule has 174 valence electrons. The van der Waals surface area contributed by atoms with Gasteiger partial charge in [-0.25, -0.2) is 4.79 Å². The summed E-state index contributed by atoms with van der Waals surface area (Å²) in [6.07, 6.45) is 3.56. The predicted molar refractivity (Wildman–Crippen MR) is 130 cm³/mol. The monoisotopic (exact) mass is 458 g/mol. The Hall–Kier alpha value is -4.37. The van der Waals surface area contributed by atoms with E-state index in [1.165, 1.54) is 7.11 Å². The fourth-order valence-electron chi connectivity index (χ4n) is 3.02. The van der Waals surface area contributed by atoms with Crippen molar-refractivity contribution in [2.75, 3.05) is 27.9 Å². The van der Waals surface area contributed by atoms with Gasteiger partial charge < -0.3 is 23.7 Å². The zero-order valence-electron chi connectivity index (χ0n) is 19.4. The number of carbonyl (C=O) groups excluding carboxylic acids is 1. The average molecular weight is 459 g/mol. The molecule has 0 atom stereocenters. The van der Waals surface area contributed by atoms with Gasteiger partial charge in [0.2, 0.25) is 0 Å². The first-order chi connectivity index (χ1) is 16.6. The zero-order valence-corrected chi connectivity index (χ0v) is 19.4. The van der Waals surface area contributed by atoms with Crippen molar-refractivity contribution in [2.24, 2.45) is 0 Å². The minimum atomic E-state index is -0.623. The van der Waals surface area contributed by atoms with E-state index in [-0.39, 0.29) is 6.61 Å². The van der Waals surface area contributed by atoms with E-state index in [1.807, 2.05) is 54.6 Å². The molecule has 0 unspecified atom stereocenters. The fourth-order valence-corrected chi connectivity index (χ4v) is 3.02. The molecule has 0 spiro atoms. The Morgan fingerprint density at radius 1 is 0.824 bits per heavy atom. The molecule has 0 heterocycles. The second-order valence-corrected chi connectivity index (χ2v) is 7.01. The maximum Gasteiger partial charge on any atom is 0.385 e. The maximum absolute atomic E-state index is 11.9. The van der Waals surface area contributed by atoms with Crippen molar-refractivity contribution in [3.05, 3.63) is 89.5 Å². The van der Waals surface area contributed by atoms with Crippen LogP contribution in [0.5, 0.6) is 23.0 Å². The molecule has 0 bridgehead atoms. The lowest BCUT2D eigenvalue weighted by molar-refractivity contribution is -0.135. The molecular weight excluding hydrogens is 432 g/mol. The van der Waals surface area contributed by atoms with E-state index in [0.29, 0.717) is 35.2 Å². The van der Waals surface area contributed by atoms with E-state index < -0.39 is 5.97 Å². The van der Waals surface area contributed by atoms with Crippen molar-refractivity contribution < 1.29 is 28.5 Å². The van der Waals surface area contributed by atoms with Crippen LogP contribution in [-0.2, 0) is 16.1 Å². The molecule has 0 saturated carbocycles. The van der Waals surface area contributed by atoms with Crippen molar-refractivity contribution in [3.63, 3.8) is 0 Å². The van der Waals surface area contributed by atoms with Crippen LogP contribution in [0.3, 0.4) is 0 Å². The van der Waals surface area contributed by atoms with Gasteiger partial charge in [-0.3, -0.25) is 0 Å². The molecule has 3 aromatic rings. The van der Waals surface area contributed by atoms with Gasteiger partial charge in [-0.1, -0.05) is 48.4 Å². The van der Waals surface area contributed by atoms with Crippen molar-refractivity contribution >= 4 is 12.0 Å². The summed E-state index contributed by atoms with van der Waals surface area (Å²) in [5, 5.41) is 0. The Balaban J connectivity index is 1.52. The van der Waals surface area contributed by atoms with Crippen LogP contribution in [0.25, 0.3) is 6.08 Å². The molecule has 0 aliphatic rings. The lowest BCUT2D eigenvalue weighted by atomic mass is 10.2. The molecule has 6 heteroatoms. The topological polar surface area (TPSA) is 63.2 Å². The molecule has 3 rings (SSSR count). The number of ether oxygens (including phenoxy) is 5. The van der Waals surface area contributed by atoms with Crippen molar-refractivity contribution in [2.45, 2.75) is 6.61 Å². The quantitative estimate of drug-likeness (QED) is 0.336. The molecule has 0 saturated heterocycles. The summed E-state index contributed by atoms with van der Waals surface area (Å²) in [6.45, 7) is 0.542. The Morgan fingerprint density at radius 3 is 2.26 bits per heavy atom. The number of benzene rings is 3. The number of rotatable bonds is 9. The van der Waals surface area contributed by atoms with Crippen LogP contribution in [0.15, 0.2) is 72.8 Å². The maximum atomic E-state index is 11.9. The summed E-state index contributed by atoms with van der Waals surface area (Å²) in [5.41, 5.74) is 2.58. The molecule has 34 heavy (non-hydrogen) atoms. The van der Waals surface area contributed by atoms with Crippen LogP contribution < -0.4 is 18.9 Å². The van der Waals surface area contributed by atoms with E-state index in [9.17, 15) is 4.79 Å². The van der Waals surface area contributed by atoms with Gasteiger partial charge in [0, 0.05) is 11.5 Å². The smallest absolute Gasteiger partial charge is 0.385 e. The minimum Gasteiger partial charge on any atom is -0.493 e. The molecule has 0 radical (unpaired) electrons. The highest BCUT2D eigenvalue weighted by Crippen LogP contribution is 2.29.